The van der Waals surface area contributed by atoms with E-state index < -0.39 is 11.5 Å². The second-order valence-electron chi connectivity index (χ2n) is 11.3. The zero-order valence-corrected chi connectivity index (χ0v) is 20.4. The summed E-state index contributed by atoms with van der Waals surface area (Å²) >= 11 is 0. The highest BCUT2D eigenvalue weighted by Gasteiger charge is 2.46. The predicted molar refractivity (Wildman–Crippen MR) is 134 cm³/mol. The van der Waals surface area contributed by atoms with Gasteiger partial charge >= 0.3 is 5.91 Å². The van der Waals surface area contributed by atoms with Crippen LogP contribution in [0.5, 0.6) is 5.75 Å². The molecule has 0 aliphatic heterocycles. The summed E-state index contributed by atoms with van der Waals surface area (Å²) in [4.78, 5) is 13.2. The summed E-state index contributed by atoms with van der Waals surface area (Å²) in [6, 6.07) is 9.21. The maximum atomic E-state index is 13.2. The van der Waals surface area contributed by atoms with Gasteiger partial charge in [-0.25, -0.2) is 0 Å². The molecule has 1 amide bonds. The number of nitrogens with zero attached hydrogens (tertiary/aromatic N) is 3. The van der Waals surface area contributed by atoms with Gasteiger partial charge in [-0.2, -0.15) is 9.83 Å². The Kier molecular flexibility index (Phi) is 5.03. The molecule has 0 bridgehead atoms. The van der Waals surface area contributed by atoms with Gasteiger partial charge in [0.1, 0.15) is 5.75 Å². The van der Waals surface area contributed by atoms with Gasteiger partial charge in [0.15, 0.2) is 5.69 Å². The molecule has 2 aromatic heterocycles. The van der Waals surface area contributed by atoms with Crippen molar-refractivity contribution in [3.05, 3.63) is 53.1 Å². The summed E-state index contributed by atoms with van der Waals surface area (Å²) in [5.41, 5.74) is 1.65. The number of aromatic nitrogens is 3. The summed E-state index contributed by atoms with van der Waals surface area (Å²) in [7, 11) is 0. The first-order valence-corrected chi connectivity index (χ1v) is 13.4. The molecule has 3 aromatic rings. The highest BCUT2D eigenvalue weighted by molar-refractivity contribution is 6.04. The van der Waals surface area contributed by atoms with Crippen molar-refractivity contribution in [2.24, 2.45) is 5.92 Å². The third kappa shape index (κ3) is 4.11. The molecule has 8 nitrogen and oxygen atoms in total. The molecule has 0 saturated heterocycles. The van der Waals surface area contributed by atoms with Crippen LogP contribution in [0.3, 0.4) is 0 Å². The minimum absolute atomic E-state index is 0.0953. The number of amides is 1. The predicted octanol–water partition coefficient (Wildman–Crippen LogP) is 4.60. The number of nitrogens with one attached hydrogen (secondary N) is 1. The van der Waals surface area contributed by atoms with Crippen LogP contribution in [0.15, 0.2) is 36.5 Å². The van der Waals surface area contributed by atoms with Crippen molar-refractivity contribution in [1.82, 2.24) is 9.78 Å². The van der Waals surface area contributed by atoms with E-state index in [0.29, 0.717) is 23.0 Å². The number of pyridine rings is 1. The monoisotopic (exact) mass is 488 g/mol. The lowest BCUT2D eigenvalue weighted by atomic mass is 9.79. The minimum Gasteiger partial charge on any atom is -0.618 e. The number of hydrogen-bond acceptors (Lipinski definition) is 5. The Bertz CT molecular complexity index is 1330. The van der Waals surface area contributed by atoms with E-state index in [1.165, 1.54) is 0 Å². The third-order valence-corrected chi connectivity index (χ3v) is 8.42. The lowest BCUT2D eigenvalue weighted by molar-refractivity contribution is -0.616. The van der Waals surface area contributed by atoms with Crippen LogP contribution in [0.4, 0.5) is 5.69 Å². The number of hydrogen-bond donors (Lipinski definition) is 2. The first-order valence-electron chi connectivity index (χ1n) is 13.4. The molecule has 4 aliphatic rings. The van der Waals surface area contributed by atoms with Gasteiger partial charge < -0.3 is 20.4 Å². The van der Waals surface area contributed by atoms with Crippen molar-refractivity contribution >= 4 is 22.5 Å². The van der Waals surface area contributed by atoms with Gasteiger partial charge in [0.2, 0.25) is 0 Å². The topological polar surface area (TPSA) is 103 Å². The number of anilines is 1. The van der Waals surface area contributed by atoms with E-state index in [1.54, 1.807) is 18.2 Å². The molecule has 4 aliphatic carbocycles. The standard InChI is InChI=1S/C28H32N4O4/c33-27(25-3-1-2-24(32(25)35)17-4-5-17)29-23-14-18-16-31(30-22(18)15-26(23)36-21-8-9-21)20-10-12-28(34,13-11-20)19-6-7-19/h1-3,14-17,19-21,34H,4-13H2,(H,29,33). The van der Waals surface area contributed by atoms with Crippen molar-refractivity contribution in [3.63, 3.8) is 0 Å². The van der Waals surface area contributed by atoms with Gasteiger partial charge in [-0.05, 0) is 82.3 Å². The Balaban J connectivity index is 1.16. The Morgan fingerprint density at radius 3 is 2.58 bits per heavy atom. The van der Waals surface area contributed by atoms with Crippen molar-refractivity contribution in [1.29, 1.82) is 0 Å². The molecule has 4 saturated carbocycles. The average Bonchev–Trinajstić information content (AvgIpc) is 3.72. The van der Waals surface area contributed by atoms with Gasteiger partial charge in [0.25, 0.3) is 5.69 Å². The Labute approximate surface area is 209 Å². The van der Waals surface area contributed by atoms with Crippen molar-refractivity contribution in [2.45, 2.75) is 87.9 Å². The zero-order chi connectivity index (χ0) is 24.4. The van der Waals surface area contributed by atoms with Gasteiger partial charge in [-0.3, -0.25) is 9.48 Å². The highest BCUT2D eigenvalue weighted by Crippen LogP contribution is 2.49. The van der Waals surface area contributed by atoms with E-state index in [2.05, 4.69) is 5.32 Å². The van der Waals surface area contributed by atoms with E-state index in [-0.39, 0.29) is 23.8 Å². The van der Waals surface area contributed by atoms with Crippen LogP contribution in [-0.4, -0.2) is 32.5 Å². The number of fused-ring (bicyclic) bond motifs is 1. The Morgan fingerprint density at radius 1 is 1.11 bits per heavy atom. The van der Waals surface area contributed by atoms with Crippen molar-refractivity contribution < 1.29 is 19.4 Å². The smallest absolute Gasteiger partial charge is 0.321 e. The zero-order valence-electron chi connectivity index (χ0n) is 20.4. The number of carbonyl (C=O) groups excluding carboxylic acids is 1. The molecular formula is C28H32N4O4. The van der Waals surface area contributed by atoms with Crippen molar-refractivity contribution in [2.75, 3.05) is 5.32 Å². The Morgan fingerprint density at radius 2 is 1.89 bits per heavy atom. The van der Waals surface area contributed by atoms with Crippen LogP contribution in [0.1, 0.15) is 92.4 Å². The SMILES string of the molecule is O=C(Nc1cc2cn(C3CCC(O)(C4CC4)CC3)nc2cc1OC1CC1)c1cccc(C2CC2)[n+]1[O-]. The molecule has 2 heterocycles. The summed E-state index contributed by atoms with van der Waals surface area (Å²) in [5, 5.41) is 32.5. The number of carbonyl (C=O) groups is 1. The van der Waals surface area contributed by atoms with Crippen LogP contribution >= 0.6 is 0 Å². The van der Waals surface area contributed by atoms with Crippen LogP contribution in [-0.2, 0) is 0 Å². The molecule has 188 valence electrons. The molecule has 1 aromatic carbocycles. The molecule has 4 fully saturated rings. The van der Waals surface area contributed by atoms with Crippen LogP contribution in [0, 0.1) is 11.1 Å². The fourth-order valence-electron chi connectivity index (χ4n) is 5.76. The molecule has 8 heteroatoms. The third-order valence-electron chi connectivity index (χ3n) is 8.42. The second kappa shape index (κ2) is 8.20. The molecule has 0 radical (unpaired) electrons. The van der Waals surface area contributed by atoms with Gasteiger partial charge in [-0.1, -0.05) is 0 Å². The maximum Gasteiger partial charge on any atom is 0.321 e. The molecule has 7 rings (SSSR count). The van der Waals surface area contributed by atoms with Crippen LogP contribution in [0.25, 0.3) is 10.9 Å². The summed E-state index contributed by atoms with van der Waals surface area (Å²) < 4.78 is 8.93. The van der Waals surface area contributed by atoms with Crippen LogP contribution in [0.2, 0.25) is 0 Å². The molecule has 36 heavy (non-hydrogen) atoms. The van der Waals surface area contributed by atoms with Gasteiger partial charge in [0, 0.05) is 35.7 Å². The average molecular weight is 489 g/mol. The number of benzene rings is 1. The fraction of sp³-hybridized carbons (Fsp3) is 0.536. The first kappa shape index (κ1) is 22.1. The first-order chi connectivity index (χ1) is 17.5. The van der Waals surface area contributed by atoms with Gasteiger partial charge in [-0.15, -0.1) is 0 Å². The minimum atomic E-state index is -0.485. The van der Waals surface area contributed by atoms with E-state index in [1.807, 2.05) is 23.0 Å². The summed E-state index contributed by atoms with van der Waals surface area (Å²) in [6.45, 7) is 0. The quantitative estimate of drug-likeness (QED) is 0.374. The lowest BCUT2D eigenvalue weighted by Crippen LogP contribution is -2.40. The largest absolute Gasteiger partial charge is 0.618 e. The van der Waals surface area contributed by atoms with E-state index in [0.717, 1.165) is 79.8 Å². The molecule has 0 unspecified atom stereocenters. The molecule has 2 N–H and O–H groups in total. The van der Waals surface area contributed by atoms with Gasteiger partial charge in [0.05, 0.1) is 29.0 Å². The maximum absolute atomic E-state index is 13.2. The van der Waals surface area contributed by atoms with E-state index >= 15 is 0 Å². The molecule has 0 spiro atoms. The van der Waals surface area contributed by atoms with Crippen molar-refractivity contribution in [3.8, 4) is 5.75 Å². The number of rotatable bonds is 7. The second-order valence-corrected chi connectivity index (χ2v) is 11.3. The normalized spacial score (nSPS) is 26.2. The summed E-state index contributed by atoms with van der Waals surface area (Å²) in [5.74, 6) is 0.894. The molecular weight excluding hydrogens is 456 g/mol. The fourth-order valence-corrected chi connectivity index (χ4v) is 5.76. The lowest BCUT2D eigenvalue weighted by Gasteiger charge is -2.36. The van der Waals surface area contributed by atoms with E-state index in [4.69, 9.17) is 9.84 Å². The number of ether oxygens (including phenoxy) is 1. The summed E-state index contributed by atoms with van der Waals surface area (Å²) in [6.07, 6.45) is 11.9. The van der Waals surface area contributed by atoms with E-state index in [9.17, 15) is 15.1 Å². The number of aliphatic hydroxyl groups is 1. The Hall–Kier alpha value is -3.13. The van der Waals surface area contributed by atoms with Crippen LogP contribution < -0.4 is 14.8 Å². The molecule has 0 atom stereocenters. The highest BCUT2D eigenvalue weighted by atomic mass is 16.5.